The van der Waals surface area contributed by atoms with E-state index in [0.717, 1.165) is 0 Å². The second-order valence-corrected chi connectivity index (χ2v) is 3.21. The molecule has 4 nitrogen and oxygen atoms in total. The molecule has 0 spiro atoms. The molecule has 0 amide bonds. The lowest BCUT2D eigenvalue weighted by Gasteiger charge is -2.06. The van der Waals surface area contributed by atoms with E-state index in [1.165, 1.54) is 6.07 Å². The van der Waals surface area contributed by atoms with E-state index in [2.05, 4.69) is 17.6 Å². The fourth-order valence-corrected chi connectivity index (χ4v) is 1.51. The number of hydrogen-bond donors (Lipinski definition) is 2. The predicted molar refractivity (Wildman–Crippen MR) is 55.0 cm³/mol. The highest BCUT2D eigenvalue weighted by atomic mass is 32.1. The summed E-state index contributed by atoms with van der Waals surface area (Å²) < 4.78 is 4.82. The Labute approximate surface area is 86.7 Å². The van der Waals surface area contributed by atoms with E-state index in [1.807, 2.05) is 0 Å². The number of H-pyrrole nitrogens is 1. The van der Waals surface area contributed by atoms with Crippen LogP contribution in [0.15, 0.2) is 15.9 Å². The first-order valence-electron chi connectivity index (χ1n) is 4.16. The minimum absolute atomic E-state index is 0.244. The number of thiol groups is 1. The Bertz CT molecular complexity index is 385. The van der Waals surface area contributed by atoms with Crippen molar-refractivity contribution in [2.75, 3.05) is 6.61 Å². The van der Waals surface area contributed by atoms with E-state index in [0.29, 0.717) is 17.7 Å². The molecular weight excluding hydrogens is 202 g/mol. The summed E-state index contributed by atoms with van der Waals surface area (Å²) in [6.45, 7) is 3.68. The Morgan fingerprint density at radius 1 is 1.64 bits per heavy atom. The number of aromatic amines is 1. The highest BCUT2D eigenvalue weighted by Gasteiger charge is 2.14. The average molecular weight is 213 g/mol. The summed E-state index contributed by atoms with van der Waals surface area (Å²) in [5.41, 5.74) is 0.604. The number of carbonyl (C=O) groups is 1. The molecule has 0 aliphatic carbocycles. The van der Waals surface area contributed by atoms with Crippen LogP contribution in [-0.2, 0) is 4.74 Å². The maximum atomic E-state index is 11.4. The number of aromatic nitrogens is 1. The Balaban J connectivity index is 3.21. The molecule has 0 saturated heterocycles. The SMILES string of the molecule is CCOC(=O)c1c(C)cc(=O)[nH]c1S. The third-order valence-corrected chi connectivity index (χ3v) is 2.04. The number of hydrogen-bond acceptors (Lipinski definition) is 4. The maximum absolute atomic E-state index is 11.4. The van der Waals surface area contributed by atoms with Crippen LogP contribution in [0.4, 0.5) is 0 Å². The number of rotatable bonds is 2. The zero-order valence-electron chi connectivity index (χ0n) is 7.96. The lowest BCUT2D eigenvalue weighted by molar-refractivity contribution is 0.0520. The molecule has 0 unspecified atom stereocenters. The van der Waals surface area contributed by atoms with Gasteiger partial charge >= 0.3 is 5.97 Å². The minimum atomic E-state index is -0.466. The molecule has 0 bridgehead atoms. The van der Waals surface area contributed by atoms with Gasteiger partial charge < -0.3 is 9.72 Å². The van der Waals surface area contributed by atoms with Crippen LogP contribution in [0.2, 0.25) is 0 Å². The summed E-state index contributed by atoms with van der Waals surface area (Å²) in [5.74, 6) is -0.466. The summed E-state index contributed by atoms with van der Waals surface area (Å²) in [5, 5.41) is 0.244. The Morgan fingerprint density at radius 3 is 2.79 bits per heavy atom. The summed E-state index contributed by atoms with van der Waals surface area (Å²) in [7, 11) is 0. The van der Waals surface area contributed by atoms with Crippen LogP contribution >= 0.6 is 12.6 Å². The molecule has 1 N–H and O–H groups in total. The topological polar surface area (TPSA) is 59.2 Å². The molecule has 0 aliphatic heterocycles. The van der Waals surface area contributed by atoms with Gasteiger partial charge in [-0.3, -0.25) is 4.79 Å². The molecule has 0 saturated carbocycles. The first kappa shape index (κ1) is 10.8. The maximum Gasteiger partial charge on any atom is 0.341 e. The number of aryl methyl sites for hydroxylation is 1. The summed E-state index contributed by atoms with van der Waals surface area (Å²) in [6, 6.07) is 1.34. The van der Waals surface area contributed by atoms with Crippen molar-refractivity contribution in [3.05, 3.63) is 27.5 Å². The number of ether oxygens (including phenoxy) is 1. The fourth-order valence-electron chi connectivity index (χ4n) is 1.13. The third kappa shape index (κ3) is 2.17. The zero-order valence-corrected chi connectivity index (χ0v) is 8.85. The molecule has 1 rings (SSSR count). The van der Waals surface area contributed by atoms with Crippen LogP contribution in [0.5, 0.6) is 0 Å². The second kappa shape index (κ2) is 4.32. The normalized spacial score (nSPS) is 9.93. The van der Waals surface area contributed by atoms with Crippen molar-refractivity contribution in [1.82, 2.24) is 4.98 Å². The van der Waals surface area contributed by atoms with Gasteiger partial charge in [0.25, 0.3) is 0 Å². The van der Waals surface area contributed by atoms with Gasteiger partial charge in [-0.25, -0.2) is 4.79 Å². The van der Waals surface area contributed by atoms with Crippen LogP contribution < -0.4 is 5.56 Å². The van der Waals surface area contributed by atoms with Crippen molar-refractivity contribution in [2.45, 2.75) is 18.9 Å². The van der Waals surface area contributed by atoms with E-state index in [9.17, 15) is 9.59 Å². The van der Waals surface area contributed by atoms with Gasteiger partial charge in [0.1, 0.15) is 0 Å². The van der Waals surface area contributed by atoms with Gasteiger partial charge in [0.2, 0.25) is 5.56 Å². The second-order valence-electron chi connectivity index (χ2n) is 2.76. The fraction of sp³-hybridized carbons (Fsp3) is 0.333. The first-order chi connectivity index (χ1) is 6.56. The first-order valence-corrected chi connectivity index (χ1v) is 4.61. The van der Waals surface area contributed by atoms with Crippen LogP contribution in [-0.4, -0.2) is 17.6 Å². The molecule has 1 heterocycles. The van der Waals surface area contributed by atoms with E-state index >= 15 is 0 Å². The molecule has 0 aliphatic rings. The molecule has 5 heteroatoms. The van der Waals surface area contributed by atoms with Crippen molar-refractivity contribution >= 4 is 18.6 Å². The minimum Gasteiger partial charge on any atom is -0.462 e. The average Bonchev–Trinajstić information content (AvgIpc) is 2.01. The Kier molecular flexibility index (Phi) is 3.35. The van der Waals surface area contributed by atoms with E-state index < -0.39 is 5.97 Å². The van der Waals surface area contributed by atoms with Crippen molar-refractivity contribution in [2.24, 2.45) is 0 Å². The standard InChI is InChI=1S/C9H11NO3S/c1-3-13-9(12)7-5(2)4-6(11)10-8(7)14/h4H,3H2,1-2H3,(H2,10,11,14). The van der Waals surface area contributed by atoms with Crippen molar-refractivity contribution < 1.29 is 9.53 Å². The molecule has 0 aromatic carbocycles. The molecule has 0 atom stereocenters. The van der Waals surface area contributed by atoms with Crippen molar-refractivity contribution in [3.8, 4) is 0 Å². The molecule has 1 aromatic rings. The highest BCUT2D eigenvalue weighted by Crippen LogP contribution is 2.14. The number of carbonyl (C=O) groups excluding carboxylic acids is 1. The molecular formula is C9H11NO3S. The summed E-state index contributed by atoms with van der Waals surface area (Å²) in [6.07, 6.45) is 0. The van der Waals surface area contributed by atoms with Gasteiger partial charge in [0.15, 0.2) is 0 Å². The lowest BCUT2D eigenvalue weighted by Crippen LogP contribution is -2.14. The Morgan fingerprint density at radius 2 is 2.29 bits per heavy atom. The molecule has 1 aromatic heterocycles. The smallest absolute Gasteiger partial charge is 0.341 e. The summed E-state index contributed by atoms with van der Waals surface area (Å²) in [4.78, 5) is 24.8. The molecule has 0 fully saturated rings. The molecule has 0 radical (unpaired) electrons. The number of esters is 1. The monoisotopic (exact) mass is 213 g/mol. The Hall–Kier alpha value is -1.23. The van der Waals surface area contributed by atoms with Gasteiger partial charge in [0.05, 0.1) is 17.2 Å². The van der Waals surface area contributed by atoms with Crippen molar-refractivity contribution in [1.29, 1.82) is 0 Å². The van der Waals surface area contributed by atoms with Gasteiger partial charge in [0, 0.05) is 6.07 Å². The highest BCUT2D eigenvalue weighted by molar-refractivity contribution is 7.80. The quantitative estimate of drug-likeness (QED) is 0.572. The molecule has 14 heavy (non-hydrogen) atoms. The van der Waals surface area contributed by atoms with E-state index in [1.54, 1.807) is 13.8 Å². The van der Waals surface area contributed by atoms with Crippen LogP contribution in [0.25, 0.3) is 0 Å². The van der Waals surface area contributed by atoms with Gasteiger partial charge in [-0.05, 0) is 19.4 Å². The number of pyridine rings is 1. The van der Waals surface area contributed by atoms with Crippen LogP contribution in [0.3, 0.4) is 0 Å². The summed E-state index contributed by atoms with van der Waals surface area (Å²) >= 11 is 4.01. The zero-order chi connectivity index (χ0) is 10.7. The van der Waals surface area contributed by atoms with Crippen LogP contribution in [0, 0.1) is 6.92 Å². The van der Waals surface area contributed by atoms with Gasteiger partial charge in [-0.2, -0.15) is 0 Å². The van der Waals surface area contributed by atoms with E-state index in [-0.39, 0.29) is 10.6 Å². The predicted octanol–water partition coefficient (Wildman–Crippen LogP) is 1.15. The van der Waals surface area contributed by atoms with Gasteiger partial charge in [-0.15, -0.1) is 12.6 Å². The van der Waals surface area contributed by atoms with Gasteiger partial charge in [-0.1, -0.05) is 0 Å². The largest absolute Gasteiger partial charge is 0.462 e. The number of nitrogens with one attached hydrogen (secondary N) is 1. The third-order valence-electron chi connectivity index (χ3n) is 1.70. The van der Waals surface area contributed by atoms with Crippen LogP contribution in [0.1, 0.15) is 22.8 Å². The lowest BCUT2D eigenvalue weighted by atomic mass is 10.1. The van der Waals surface area contributed by atoms with E-state index in [4.69, 9.17) is 4.74 Å². The van der Waals surface area contributed by atoms with Crippen molar-refractivity contribution in [3.63, 3.8) is 0 Å². The molecule has 76 valence electrons.